The first-order chi connectivity index (χ1) is 8.17. The molecular formula is C14H23NO2. The lowest BCUT2D eigenvalue weighted by Crippen LogP contribution is -2.25. The van der Waals surface area contributed by atoms with Gasteiger partial charge in [-0.3, -0.25) is 0 Å². The zero-order valence-corrected chi connectivity index (χ0v) is 11.0. The quantitative estimate of drug-likeness (QED) is 0.790. The topological polar surface area (TPSA) is 32.7 Å². The fraction of sp³-hybridized carbons (Fsp3) is 0.571. The van der Waals surface area contributed by atoms with Crippen LogP contribution >= 0.6 is 0 Å². The first kappa shape index (κ1) is 14.0. The lowest BCUT2D eigenvalue weighted by Gasteiger charge is -2.20. The fourth-order valence-corrected chi connectivity index (χ4v) is 1.83. The molecule has 0 aliphatic carbocycles. The molecule has 1 atom stereocenters. The molecule has 3 heteroatoms. The number of hydrogen-bond acceptors (Lipinski definition) is 3. The zero-order chi connectivity index (χ0) is 12.7. The fourth-order valence-electron chi connectivity index (χ4n) is 1.83. The molecule has 0 saturated carbocycles. The maximum absolute atomic E-state index is 10.1. The molecule has 0 spiro atoms. The molecule has 0 amide bonds. The Labute approximate surface area is 104 Å². The SMILES string of the molecule is CCCN(C)CC(O)c1ccc(OCC)cc1. The Morgan fingerprint density at radius 1 is 1.24 bits per heavy atom. The molecule has 1 N–H and O–H groups in total. The highest BCUT2D eigenvalue weighted by atomic mass is 16.5. The largest absolute Gasteiger partial charge is 0.494 e. The minimum atomic E-state index is -0.428. The number of likely N-dealkylation sites (N-methyl/N-ethyl adjacent to an activating group) is 1. The van der Waals surface area contributed by atoms with Gasteiger partial charge in [-0.2, -0.15) is 0 Å². The minimum absolute atomic E-state index is 0.428. The van der Waals surface area contributed by atoms with Crippen LogP contribution in [0.3, 0.4) is 0 Å². The van der Waals surface area contributed by atoms with E-state index in [4.69, 9.17) is 4.74 Å². The van der Waals surface area contributed by atoms with E-state index in [0.717, 1.165) is 24.3 Å². The minimum Gasteiger partial charge on any atom is -0.494 e. The molecule has 0 bridgehead atoms. The van der Waals surface area contributed by atoms with Crippen LogP contribution in [0.5, 0.6) is 5.75 Å². The van der Waals surface area contributed by atoms with Gasteiger partial charge in [0.15, 0.2) is 0 Å². The molecule has 0 aromatic heterocycles. The lowest BCUT2D eigenvalue weighted by molar-refractivity contribution is 0.127. The third-order valence-corrected chi connectivity index (χ3v) is 2.67. The summed E-state index contributed by atoms with van der Waals surface area (Å²) >= 11 is 0. The maximum Gasteiger partial charge on any atom is 0.119 e. The predicted octanol–water partition coefficient (Wildman–Crippen LogP) is 2.46. The van der Waals surface area contributed by atoms with Crippen molar-refractivity contribution in [1.82, 2.24) is 4.90 Å². The van der Waals surface area contributed by atoms with Crippen molar-refractivity contribution in [3.8, 4) is 5.75 Å². The number of aliphatic hydroxyl groups is 1. The second-order valence-electron chi connectivity index (χ2n) is 4.28. The summed E-state index contributed by atoms with van der Waals surface area (Å²) in [4.78, 5) is 2.14. The molecule has 96 valence electrons. The second kappa shape index (κ2) is 7.30. The van der Waals surface area contributed by atoms with Gasteiger partial charge in [0.1, 0.15) is 5.75 Å². The molecule has 0 radical (unpaired) electrons. The Hall–Kier alpha value is -1.06. The number of ether oxygens (including phenoxy) is 1. The summed E-state index contributed by atoms with van der Waals surface area (Å²) in [6, 6.07) is 7.66. The molecule has 0 heterocycles. The normalized spacial score (nSPS) is 12.8. The standard InChI is InChI=1S/C14H23NO2/c1-4-10-15(3)11-14(16)12-6-8-13(9-7-12)17-5-2/h6-9,14,16H,4-5,10-11H2,1-3H3. The van der Waals surface area contributed by atoms with Crippen LogP contribution < -0.4 is 4.74 Å². The molecule has 1 aromatic carbocycles. The average molecular weight is 237 g/mol. The molecule has 17 heavy (non-hydrogen) atoms. The van der Waals surface area contributed by atoms with Gasteiger partial charge in [0.05, 0.1) is 12.7 Å². The molecular weight excluding hydrogens is 214 g/mol. The van der Waals surface area contributed by atoms with Gasteiger partial charge < -0.3 is 14.7 Å². The maximum atomic E-state index is 10.1. The van der Waals surface area contributed by atoms with Crippen molar-refractivity contribution in [3.63, 3.8) is 0 Å². The predicted molar refractivity (Wildman–Crippen MR) is 70.4 cm³/mol. The Bertz CT molecular complexity index is 311. The van der Waals surface area contributed by atoms with Gasteiger partial charge in [0.25, 0.3) is 0 Å². The van der Waals surface area contributed by atoms with E-state index in [1.54, 1.807) is 0 Å². The summed E-state index contributed by atoms with van der Waals surface area (Å²) in [6.07, 6.45) is 0.675. The number of rotatable bonds is 7. The van der Waals surface area contributed by atoms with E-state index in [-0.39, 0.29) is 0 Å². The average Bonchev–Trinajstić information content (AvgIpc) is 2.30. The van der Waals surface area contributed by atoms with Crippen molar-refractivity contribution in [2.45, 2.75) is 26.4 Å². The summed E-state index contributed by atoms with van der Waals surface area (Å²) in [7, 11) is 2.03. The van der Waals surface area contributed by atoms with Crippen LogP contribution in [0.4, 0.5) is 0 Å². The summed E-state index contributed by atoms with van der Waals surface area (Å²) in [6.45, 7) is 6.44. The van der Waals surface area contributed by atoms with E-state index < -0.39 is 6.10 Å². The van der Waals surface area contributed by atoms with Gasteiger partial charge in [-0.25, -0.2) is 0 Å². The zero-order valence-electron chi connectivity index (χ0n) is 11.0. The van der Waals surface area contributed by atoms with Crippen LogP contribution in [0.15, 0.2) is 24.3 Å². The summed E-state index contributed by atoms with van der Waals surface area (Å²) in [5.41, 5.74) is 0.941. The van der Waals surface area contributed by atoms with Crippen LogP contribution in [0.25, 0.3) is 0 Å². The Morgan fingerprint density at radius 2 is 1.88 bits per heavy atom. The molecule has 1 aromatic rings. The molecule has 1 rings (SSSR count). The summed E-state index contributed by atoms with van der Waals surface area (Å²) in [5.74, 6) is 0.852. The van der Waals surface area contributed by atoms with E-state index in [1.807, 2.05) is 38.2 Å². The van der Waals surface area contributed by atoms with Crippen molar-refractivity contribution in [2.24, 2.45) is 0 Å². The van der Waals surface area contributed by atoms with E-state index >= 15 is 0 Å². The van der Waals surface area contributed by atoms with E-state index in [1.165, 1.54) is 0 Å². The molecule has 0 aliphatic rings. The molecule has 0 aliphatic heterocycles. The van der Waals surface area contributed by atoms with Crippen molar-refractivity contribution in [3.05, 3.63) is 29.8 Å². The summed E-state index contributed by atoms with van der Waals surface area (Å²) < 4.78 is 5.37. The lowest BCUT2D eigenvalue weighted by atomic mass is 10.1. The van der Waals surface area contributed by atoms with Gasteiger partial charge >= 0.3 is 0 Å². The number of benzene rings is 1. The Kier molecular flexibility index (Phi) is 6.01. The highest BCUT2D eigenvalue weighted by Crippen LogP contribution is 2.18. The van der Waals surface area contributed by atoms with Gasteiger partial charge in [0, 0.05) is 6.54 Å². The highest BCUT2D eigenvalue weighted by molar-refractivity contribution is 5.28. The second-order valence-corrected chi connectivity index (χ2v) is 4.28. The number of hydrogen-bond donors (Lipinski definition) is 1. The van der Waals surface area contributed by atoms with Crippen molar-refractivity contribution in [2.75, 3.05) is 26.7 Å². The van der Waals surface area contributed by atoms with Gasteiger partial charge in [-0.15, -0.1) is 0 Å². The summed E-state index contributed by atoms with van der Waals surface area (Å²) in [5, 5.41) is 10.1. The third-order valence-electron chi connectivity index (χ3n) is 2.67. The first-order valence-electron chi connectivity index (χ1n) is 6.26. The first-order valence-corrected chi connectivity index (χ1v) is 6.26. The highest BCUT2D eigenvalue weighted by Gasteiger charge is 2.10. The molecule has 0 fully saturated rings. The molecule has 1 unspecified atom stereocenters. The van der Waals surface area contributed by atoms with Crippen LogP contribution in [0, 0.1) is 0 Å². The monoisotopic (exact) mass is 237 g/mol. The van der Waals surface area contributed by atoms with Crippen LogP contribution in [-0.2, 0) is 0 Å². The van der Waals surface area contributed by atoms with Gasteiger partial charge in [0.2, 0.25) is 0 Å². The Balaban J connectivity index is 2.53. The van der Waals surface area contributed by atoms with E-state index in [0.29, 0.717) is 13.2 Å². The number of nitrogens with zero attached hydrogens (tertiary/aromatic N) is 1. The van der Waals surface area contributed by atoms with Crippen molar-refractivity contribution >= 4 is 0 Å². The van der Waals surface area contributed by atoms with Crippen molar-refractivity contribution in [1.29, 1.82) is 0 Å². The van der Waals surface area contributed by atoms with Gasteiger partial charge in [-0.1, -0.05) is 19.1 Å². The van der Waals surface area contributed by atoms with Crippen LogP contribution in [0.2, 0.25) is 0 Å². The van der Waals surface area contributed by atoms with Crippen LogP contribution in [0.1, 0.15) is 31.9 Å². The third kappa shape index (κ3) is 4.75. The Morgan fingerprint density at radius 3 is 2.41 bits per heavy atom. The van der Waals surface area contributed by atoms with Gasteiger partial charge in [-0.05, 0) is 44.6 Å². The smallest absolute Gasteiger partial charge is 0.119 e. The van der Waals surface area contributed by atoms with Crippen LogP contribution in [-0.4, -0.2) is 36.8 Å². The molecule has 3 nitrogen and oxygen atoms in total. The molecule has 0 saturated heterocycles. The number of aliphatic hydroxyl groups excluding tert-OH is 1. The van der Waals surface area contributed by atoms with E-state index in [2.05, 4.69) is 11.8 Å². The van der Waals surface area contributed by atoms with E-state index in [9.17, 15) is 5.11 Å². The van der Waals surface area contributed by atoms with Crippen molar-refractivity contribution < 1.29 is 9.84 Å².